The van der Waals surface area contributed by atoms with E-state index in [2.05, 4.69) is 0 Å². The molecule has 17 heavy (non-hydrogen) atoms. The average Bonchev–Trinajstić information content (AvgIpc) is 2.57. The molecule has 1 fully saturated rings. The zero-order valence-electron chi connectivity index (χ0n) is 9.69. The highest BCUT2D eigenvalue weighted by atomic mass is 16.3. The van der Waals surface area contributed by atoms with Gasteiger partial charge in [0.05, 0.1) is 5.41 Å². The number of aliphatic hydroxyl groups is 1. The Morgan fingerprint density at radius 3 is 2.53 bits per heavy atom. The smallest absolute Gasteiger partial charge is 0.170 e. The van der Waals surface area contributed by atoms with Crippen LogP contribution in [-0.2, 0) is 21.6 Å². The van der Waals surface area contributed by atoms with Crippen molar-refractivity contribution in [2.75, 3.05) is 0 Å². The fraction of sp³-hybridized carbons (Fsp3) is 0.429. The van der Waals surface area contributed by atoms with Gasteiger partial charge in [0, 0.05) is 12.8 Å². The minimum absolute atomic E-state index is 0.00389. The van der Waals surface area contributed by atoms with Crippen LogP contribution in [0.15, 0.2) is 24.3 Å². The molecule has 0 unspecified atom stereocenters. The van der Waals surface area contributed by atoms with E-state index in [0.29, 0.717) is 12.0 Å². The molecule has 88 valence electrons. The molecule has 0 aromatic heterocycles. The van der Waals surface area contributed by atoms with Crippen LogP contribution in [0.4, 0.5) is 0 Å². The normalized spacial score (nSPS) is 35.6. The molecule has 3 rings (SSSR count). The SMILES string of the molecule is C[C@@]12Cc3ccccc3[C@]1(O)C(=O)CCC2=O. The second kappa shape index (κ2) is 3.05. The Morgan fingerprint density at radius 2 is 1.76 bits per heavy atom. The van der Waals surface area contributed by atoms with Crippen molar-refractivity contribution in [1.29, 1.82) is 0 Å². The van der Waals surface area contributed by atoms with E-state index in [4.69, 9.17) is 0 Å². The van der Waals surface area contributed by atoms with Crippen LogP contribution in [0.1, 0.15) is 30.9 Å². The largest absolute Gasteiger partial charge is 0.376 e. The van der Waals surface area contributed by atoms with E-state index >= 15 is 0 Å². The van der Waals surface area contributed by atoms with Gasteiger partial charge < -0.3 is 5.11 Å². The van der Waals surface area contributed by atoms with Gasteiger partial charge in [0.25, 0.3) is 0 Å². The molecular weight excluding hydrogens is 216 g/mol. The average molecular weight is 230 g/mol. The molecule has 1 aromatic carbocycles. The maximum Gasteiger partial charge on any atom is 0.170 e. The second-order valence-electron chi connectivity index (χ2n) is 5.22. The number of hydrogen-bond donors (Lipinski definition) is 1. The fourth-order valence-electron chi connectivity index (χ4n) is 3.28. The van der Waals surface area contributed by atoms with Gasteiger partial charge in [-0.2, -0.15) is 0 Å². The highest BCUT2D eigenvalue weighted by Gasteiger charge is 2.63. The van der Waals surface area contributed by atoms with E-state index < -0.39 is 11.0 Å². The fourth-order valence-corrected chi connectivity index (χ4v) is 3.28. The molecule has 1 saturated carbocycles. The number of carbonyl (C=O) groups excluding carboxylic acids is 2. The first-order valence-electron chi connectivity index (χ1n) is 5.87. The Hall–Kier alpha value is -1.48. The van der Waals surface area contributed by atoms with Gasteiger partial charge in [-0.05, 0) is 24.5 Å². The molecule has 1 aromatic rings. The van der Waals surface area contributed by atoms with Crippen LogP contribution < -0.4 is 0 Å². The number of benzene rings is 1. The van der Waals surface area contributed by atoms with Gasteiger partial charge >= 0.3 is 0 Å². The summed E-state index contributed by atoms with van der Waals surface area (Å²) in [5.41, 5.74) is -1.02. The van der Waals surface area contributed by atoms with E-state index in [0.717, 1.165) is 5.56 Å². The van der Waals surface area contributed by atoms with Gasteiger partial charge in [0.15, 0.2) is 11.4 Å². The summed E-state index contributed by atoms with van der Waals surface area (Å²) in [6, 6.07) is 7.32. The van der Waals surface area contributed by atoms with Crippen molar-refractivity contribution in [3.05, 3.63) is 35.4 Å². The molecule has 0 bridgehead atoms. The third-order valence-corrected chi connectivity index (χ3v) is 4.35. The molecule has 3 nitrogen and oxygen atoms in total. The Morgan fingerprint density at radius 1 is 1.12 bits per heavy atom. The monoisotopic (exact) mass is 230 g/mol. The minimum atomic E-state index is -1.60. The van der Waals surface area contributed by atoms with Crippen molar-refractivity contribution in [2.45, 2.75) is 31.8 Å². The number of hydrogen-bond acceptors (Lipinski definition) is 3. The molecule has 0 heterocycles. The molecule has 2 atom stereocenters. The molecule has 2 aliphatic rings. The third kappa shape index (κ3) is 1.05. The van der Waals surface area contributed by atoms with Crippen molar-refractivity contribution in [3.63, 3.8) is 0 Å². The molecule has 3 heteroatoms. The first kappa shape index (κ1) is 10.7. The van der Waals surface area contributed by atoms with E-state index in [1.54, 1.807) is 19.1 Å². The summed E-state index contributed by atoms with van der Waals surface area (Å²) >= 11 is 0. The molecule has 0 radical (unpaired) electrons. The van der Waals surface area contributed by atoms with Crippen molar-refractivity contribution in [3.8, 4) is 0 Å². The van der Waals surface area contributed by atoms with Gasteiger partial charge in [0.1, 0.15) is 5.78 Å². The van der Waals surface area contributed by atoms with Crippen LogP contribution in [0, 0.1) is 5.41 Å². The molecule has 0 spiro atoms. The standard InChI is InChI=1S/C14H14O3/c1-13-8-9-4-2-3-5-10(9)14(13,17)12(16)7-6-11(13)15/h2-5,17H,6-8H2,1H3/t13-,14-/m0/s1. The molecule has 2 aliphatic carbocycles. The highest BCUT2D eigenvalue weighted by Crippen LogP contribution is 2.54. The predicted octanol–water partition coefficient (Wildman–Crippen LogP) is 1.37. The van der Waals surface area contributed by atoms with Gasteiger partial charge in [-0.1, -0.05) is 24.3 Å². The van der Waals surface area contributed by atoms with E-state index in [1.165, 1.54) is 0 Å². The van der Waals surface area contributed by atoms with Crippen molar-refractivity contribution >= 4 is 11.6 Å². The minimum Gasteiger partial charge on any atom is -0.376 e. The lowest BCUT2D eigenvalue weighted by Crippen LogP contribution is -2.55. The molecule has 0 amide bonds. The van der Waals surface area contributed by atoms with Crippen molar-refractivity contribution in [2.24, 2.45) is 5.41 Å². The van der Waals surface area contributed by atoms with Crippen LogP contribution in [0.25, 0.3) is 0 Å². The Balaban J connectivity index is 2.29. The topological polar surface area (TPSA) is 54.4 Å². The zero-order chi connectivity index (χ0) is 12.3. The summed E-state index contributed by atoms with van der Waals surface area (Å²) in [6.45, 7) is 1.71. The zero-order valence-corrected chi connectivity index (χ0v) is 9.69. The van der Waals surface area contributed by atoms with Gasteiger partial charge in [-0.15, -0.1) is 0 Å². The van der Waals surface area contributed by atoms with E-state index in [1.807, 2.05) is 12.1 Å². The first-order chi connectivity index (χ1) is 8.00. The summed E-state index contributed by atoms with van der Waals surface area (Å²) in [4.78, 5) is 24.2. The summed E-state index contributed by atoms with van der Waals surface area (Å²) in [7, 11) is 0. The van der Waals surface area contributed by atoms with Gasteiger partial charge in [0.2, 0.25) is 0 Å². The number of ketones is 2. The first-order valence-corrected chi connectivity index (χ1v) is 5.87. The van der Waals surface area contributed by atoms with Crippen LogP contribution in [0.3, 0.4) is 0 Å². The number of carbonyl (C=O) groups is 2. The summed E-state index contributed by atoms with van der Waals surface area (Å²) < 4.78 is 0. The maximum atomic E-state index is 12.1. The van der Waals surface area contributed by atoms with Crippen LogP contribution in [-0.4, -0.2) is 16.7 Å². The maximum absolute atomic E-state index is 12.1. The Labute approximate surface area is 99.5 Å². The molecule has 1 N–H and O–H groups in total. The summed E-state index contributed by atoms with van der Waals surface area (Å²) in [5, 5.41) is 10.8. The summed E-state index contributed by atoms with van der Waals surface area (Å²) in [6.07, 6.45) is 0.870. The van der Waals surface area contributed by atoms with Gasteiger partial charge in [-0.3, -0.25) is 9.59 Å². The van der Waals surface area contributed by atoms with Crippen LogP contribution in [0.2, 0.25) is 0 Å². The van der Waals surface area contributed by atoms with E-state index in [-0.39, 0.29) is 24.4 Å². The predicted molar refractivity (Wildman–Crippen MR) is 61.4 cm³/mol. The number of fused-ring (bicyclic) bond motifs is 3. The molecular formula is C14H14O3. The molecule has 0 aliphatic heterocycles. The van der Waals surface area contributed by atoms with E-state index in [9.17, 15) is 14.7 Å². The van der Waals surface area contributed by atoms with Crippen LogP contribution >= 0.6 is 0 Å². The lowest BCUT2D eigenvalue weighted by molar-refractivity contribution is -0.168. The Bertz CT molecular complexity index is 534. The van der Waals surface area contributed by atoms with Gasteiger partial charge in [-0.25, -0.2) is 0 Å². The lowest BCUT2D eigenvalue weighted by Gasteiger charge is -2.41. The lowest BCUT2D eigenvalue weighted by atomic mass is 9.63. The second-order valence-corrected chi connectivity index (χ2v) is 5.22. The third-order valence-electron chi connectivity index (χ3n) is 4.35. The highest BCUT2D eigenvalue weighted by molar-refractivity contribution is 6.05. The quantitative estimate of drug-likeness (QED) is 0.732. The number of rotatable bonds is 0. The summed E-state index contributed by atoms with van der Waals surface area (Å²) in [5.74, 6) is -0.222. The van der Waals surface area contributed by atoms with Crippen molar-refractivity contribution in [1.82, 2.24) is 0 Å². The number of Topliss-reactive ketones (excluding diaryl/α,β-unsaturated/α-hetero) is 2. The van der Waals surface area contributed by atoms with Crippen LogP contribution in [0.5, 0.6) is 0 Å². The molecule has 0 saturated heterocycles. The Kier molecular flexibility index (Phi) is 1.91. The van der Waals surface area contributed by atoms with Crippen molar-refractivity contribution < 1.29 is 14.7 Å².